The summed E-state index contributed by atoms with van der Waals surface area (Å²) in [6, 6.07) is 0. The summed E-state index contributed by atoms with van der Waals surface area (Å²) in [5.74, 6) is 0. The number of allylic oxidation sites excluding steroid dienone is 2. The van der Waals surface area contributed by atoms with Gasteiger partial charge in [0, 0.05) is 0 Å². The first kappa shape index (κ1) is 13.2. The second-order valence-electron chi connectivity index (χ2n) is 4.59. The fraction of sp³-hybridized carbons (Fsp3) is 0.636. The van der Waals surface area contributed by atoms with E-state index in [2.05, 4.69) is 34.4 Å². The molecule has 0 bridgehead atoms. The average molecular weight is 289 g/mol. The average Bonchev–Trinajstić information content (AvgIpc) is 2.00. The molecule has 1 unspecified atom stereocenters. The van der Waals surface area contributed by atoms with Crippen LogP contribution in [-0.4, -0.2) is 31.6 Å². The molecular formula is C11H22OSn. The van der Waals surface area contributed by atoms with Crippen LogP contribution in [0.3, 0.4) is 0 Å². The summed E-state index contributed by atoms with van der Waals surface area (Å²) in [4.78, 5) is 7.32. The Morgan fingerprint density at radius 3 is 2.31 bits per heavy atom. The van der Waals surface area contributed by atoms with Crippen molar-refractivity contribution in [2.45, 2.75) is 32.3 Å². The summed E-state index contributed by atoms with van der Waals surface area (Å²) in [6.45, 7) is 5.84. The van der Waals surface area contributed by atoms with Crippen molar-refractivity contribution in [3.63, 3.8) is 0 Å². The third-order valence-electron chi connectivity index (χ3n) is 1.94. The minimum absolute atomic E-state index is 0.244. The predicted octanol–water partition coefficient (Wildman–Crippen LogP) is 3.47. The molecule has 2 heteroatoms. The first-order valence-corrected chi connectivity index (χ1v) is 15.3. The maximum atomic E-state index is 5.33. The van der Waals surface area contributed by atoms with Gasteiger partial charge in [0.15, 0.2) is 0 Å². The Balaban J connectivity index is 4.45. The molecule has 0 aliphatic rings. The first-order chi connectivity index (χ1) is 5.90. The molecule has 13 heavy (non-hydrogen) atoms. The molecule has 0 aliphatic carbocycles. The van der Waals surface area contributed by atoms with Gasteiger partial charge in [0.2, 0.25) is 0 Å². The van der Waals surface area contributed by atoms with Crippen LogP contribution in [0.25, 0.3) is 0 Å². The Hall–Kier alpha value is 0.239. The fourth-order valence-corrected chi connectivity index (χ4v) is 5.91. The summed E-state index contributed by atoms with van der Waals surface area (Å²) < 4.78 is 6.59. The number of hydrogen-bond acceptors (Lipinski definition) is 1. The number of ether oxygens (including phenoxy) is 1. The Kier molecular flexibility index (Phi) is 5.97. The Morgan fingerprint density at radius 2 is 2.00 bits per heavy atom. The molecule has 1 nitrogen and oxygen atoms in total. The van der Waals surface area contributed by atoms with Crippen LogP contribution in [0.5, 0.6) is 0 Å². The zero-order valence-corrected chi connectivity index (χ0v) is 12.4. The molecule has 0 heterocycles. The van der Waals surface area contributed by atoms with Gasteiger partial charge in [0.05, 0.1) is 0 Å². The van der Waals surface area contributed by atoms with E-state index in [1.165, 1.54) is 10.0 Å². The molecule has 0 fully saturated rings. The van der Waals surface area contributed by atoms with Crippen LogP contribution in [0.1, 0.15) is 6.92 Å². The predicted molar refractivity (Wildman–Crippen MR) is 62.9 cm³/mol. The van der Waals surface area contributed by atoms with Crippen LogP contribution in [0.2, 0.25) is 19.3 Å². The van der Waals surface area contributed by atoms with Crippen LogP contribution >= 0.6 is 0 Å². The molecule has 0 N–H and O–H groups in total. The zero-order valence-electron chi connectivity index (χ0n) is 9.55. The standard InChI is InChI=1S/C8H13O.3CH3.Sn/c1-5-6-7(2)8(3)9-4;;;;/h5-6,8H,1-2H2,3-4H3;3*1H3;/b7-6+;;;;. The van der Waals surface area contributed by atoms with Crippen LogP contribution in [-0.2, 0) is 4.74 Å². The summed E-state index contributed by atoms with van der Waals surface area (Å²) in [7, 11) is 1.76. The summed E-state index contributed by atoms with van der Waals surface area (Å²) in [6.07, 6.45) is 4.22. The molecule has 0 aromatic rings. The van der Waals surface area contributed by atoms with Crippen LogP contribution in [0.15, 0.2) is 24.3 Å². The molecule has 1 atom stereocenters. The van der Waals surface area contributed by atoms with Gasteiger partial charge in [-0.15, -0.1) is 0 Å². The van der Waals surface area contributed by atoms with Crippen molar-refractivity contribution >= 4 is 18.4 Å². The van der Waals surface area contributed by atoms with Crippen molar-refractivity contribution in [3.05, 3.63) is 24.3 Å². The normalized spacial score (nSPS) is 15.6. The quantitative estimate of drug-likeness (QED) is 0.556. The molecule has 0 saturated carbocycles. The van der Waals surface area contributed by atoms with E-state index in [1.54, 1.807) is 7.11 Å². The molecular weight excluding hydrogens is 267 g/mol. The third-order valence-corrected chi connectivity index (χ3v) is 6.13. The molecule has 0 spiro atoms. The van der Waals surface area contributed by atoms with Crippen LogP contribution in [0.4, 0.5) is 0 Å². The first-order valence-electron chi connectivity index (χ1n) is 4.75. The van der Waals surface area contributed by atoms with Gasteiger partial charge in [-0.1, -0.05) is 0 Å². The third kappa shape index (κ3) is 6.33. The van der Waals surface area contributed by atoms with E-state index in [0.717, 1.165) is 0 Å². The van der Waals surface area contributed by atoms with E-state index in [9.17, 15) is 0 Å². The van der Waals surface area contributed by atoms with E-state index in [4.69, 9.17) is 4.74 Å². The fourth-order valence-electron chi connectivity index (χ4n) is 1.25. The van der Waals surface area contributed by atoms with E-state index in [1.807, 2.05) is 6.08 Å². The van der Waals surface area contributed by atoms with Crippen molar-refractivity contribution in [3.8, 4) is 0 Å². The Bertz CT molecular complexity index is 189. The van der Waals surface area contributed by atoms with Crippen molar-refractivity contribution in [1.29, 1.82) is 0 Å². The van der Waals surface area contributed by atoms with Gasteiger partial charge in [-0.25, -0.2) is 0 Å². The van der Waals surface area contributed by atoms with Crippen molar-refractivity contribution < 1.29 is 4.74 Å². The molecule has 0 amide bonds. The molecule has 0 saturated heterocycles. The topological polar surface area (TPSA) is 9.23 Å². The maximum absolute atomic E-state index is 5.33. The number of methoxy groups -OCH3 is 1. The number of hydrogen-bond donors (Lipinski definition) is 0. The summed E-state index contributed by atoms with van der Waals surface area (Å²) in [5.41, 5.74) is 1.40. The number of rotatable bonds is 5. The molecule has 0 aromatic carbocycles. The monoisotopic (exact) mass is 290 g/mol. The van der Waals surface area contributed by atoms with Gasteiger partial charge in [-0.05, 0) is 0 Å². The van der Waals surface area contributed by atoms with Crippen LogP contribution in [0, 0.1) is 0 Å². The van der Waals surface area contributed by atoms with E-state index < -0.39 is 18.4 Å². The molecule has 0 aromatic heterocycles. The molecule has 0 rings (SSSR count). The Labute approximate surface area is 86.7 Å². The van der Waals surface area contributed by atoms with Gasteiger partial charge < -0.3 is 0 Å². The minimum atomic E-state index is -1.72. The van der Waals surface area contributed by atoms with Gasteiger partial charge in [-0.2, -0.15) is 0 Å². The molecule has 0 aliphatic heterocycles. The zero-order chi connectivity index (χ0) is 10.5. The second-order valence-corrected chi connectivity index (χ2v) is 20.2. The SMILES string of the molecule is C=C/C=C(\[CH2][Sn]([CH3])([CH3])[CH3])C(C)OC. The van der Waals surface area contributed by atoms with Gasteiger partial charge >= 0.3 is 86.8 Å². The van der Waals surface area contributed by atoms with E-state index >= 15 is 0 Å². The summed E-state index contributed by atoms with van der Waals surface area (Å²) >= 11 is -1.72. The second kappa shape index (κ2) is 5.86. The van der Waals surface area contributed by atoms with E-state index in [-0.39, 0.29) is 6.10 Å². The molecule has 0 radical (unpaired) electrons. The van der Waals surface area contributed by atoms with E-state index in [0.29, 0.717) is 0 Å². The van der Waals surface area contributed by atoms with Crippen LogP contribution < -0.4 is 0 Å². The summed E-state index contributed by atoms with van der Waals surface area (Å²) in [5, 5.41) is 0. The van der Waals surface area contributed by atoms with Crippen molar-refractivity contribution in [2.24, 2.45) is 0 Å². The van der Waals surface area contributed by atoms with Gasteiger partial charge in [-0.3, -0.25) is 0 Å². The van der Waals surface area contributed by atoms with Gasteiger partial charge in [0.25, 0.3) is 0 Å². The Morgan fingerprint density at radius 1 is 1.46 bits per heavy atom. The van der Waals surface area contributed by atoms with Crippen molar-refractivity contribution in [1.82, 2.24) is 0 Å². The van der Waals surface area contributed by atoms with Gasteiger partial charge in [0.1, 0.15) is 0 Å². The van der Waals surface area contributed by atoms with Crippen molar-refractivity contribution in [2.75, 3.05) is 7.11 Å². The molecule has 76 valence electrons.